The molecule has 1 aromatic heterocycles. The fourth-order valence-corrected chi connectivity index (χ4v) is 5.74. The lowest BCUT2D eigenvalue weighted by molar-refractivity contribution is 0.306. The number of hydrogen-bond donors (Lipinski definition) is 1. The number of rotatable bonds is 4. The average molecular weight is 352 g/mol. The molecular weight excluding hydrogens is 334 g/mol. The van der Waals surface area contributed by atoms with Crippen LogP contribution >= 0.6 is 27.3 Å². The van der Waals surface area contributed by atoms with Crippen LogP contribution in [0.3, 0.4) is 0 Å². The van der Waals surface area contributed by atoms with Crippen molar-refractivity contribution in [3.63, 3.8) is 0 Å². The Bertz CT molecular complexity index is 490. The highest BCUT2D eigenvalue weighted by Crippen LogP contribution is 2.29. The molecule has 1 fully saturated rings. The highest BCUT2D eigenvalue weighted by atomic mass is 79.9. The van der Waals surface area contributed by atoms with Crippen molar-refractivity contribution in [1.82, 2.24) is 4.72 Å². The molecule has 2 rings (SSSR count). The molecule has 0 amide bonds. The zero-order chi connectivity index (χ0) is 13.2. The molecule has 1 aliphatic rings. The van der Waals surface area contributed by atoms with Crippen LogP contribution in [0.25, 0.3) is 0 Å². The third-order valence-electron chi connectivity index (χ3n) is 3.56. The van der Waals surface area contributed by atoms with Crippen LogP contribution in [0, 0.1) is 5.92 Å². The molecule has 1 aliphatic carbocycles. The molecule has 1 aromatic rings. The molecule has 102 valence electrons. The van der Waals surface area contributed by atoms with Crippen LogP contribution in [0.5, 0.6) is 0 Å². The van der Waals surface area contributed by atoms with Crippen LogP contribution in [0.15, 0.2) is 20.1 Å². The number of sulfonamides is 1. The number of hydrogen-bond acceptors (Lipinski definition) is 3. The van der Waals surface area contributed by atoms with Gasteiger partial charge in [-0.05, 0) is 59.7 Å². The summed E-state index contributed by atoms with van der Waals surface area (Å²) >= 11 is 4.55. The summed E-state index contributed by atoms with van der Waals surface area (Å²) in [6.07, 6.45) is 5.40. The monoisotopic (exact) mass is 351 g/mol. The smallest absolute Gasteiger partial charge is 0.207 e. The van der Waals surface area contributed by atoms with Crippen molar-refractivity contribution in [2.75, 3.05) is 0 Å². The van der Waals surface area contributed by atoms with Crippen LogP contribution < -0.4 is 4.72 Å². The average Bonchev–Trinajstić information content (AvgIpc) is 2.77. The molecule has 6 heteroatoms. The van der Waals surface area contributed by atoms with Gasteiger partial charge in [0.15, 0.2) is 0 Å². The molecular formula is C12H18BrNO2S2. The van der Waals surface area contributed by atoms with E-state index in [9.17, 15) is 8.42 Å². The van der Waals surface area contributed by atoms with E-state index >= 15 is 0 Å². The maximum Gasteiger partial charge on any atom is 0.250 e. The fourth-order valence-electron chi connectivity index (χ4n) is 2.41. The quantitative estimate of drug-likeness (QED) is 0.897. The van der Waals surface area contributed by atoms with Gasteiger partial charge in [-0.25, -0.2) is 13.1 Å². The summed E-state index contributed by atoms with van der Waals surface area (Å²) in [5.74, 6) is 0.779. The number of thiophene rings is 1. The highest BCUT2D eigenvalue weighted by molar-refractivity contribution is 9.11. The van der Waals surface area contributed by atoms with E-state index in [0.29, 0.717) is 4.21 Å². The first kappa shape index (κ1) is 14.5. The third-order valence-corrected chi connectivity index (χ3v) is 7.20. The van der Waals surface area contributed by atoms with Crippen molar-refractivity contribution in [2.45, 2.75) is 49.3 Å². The van der Waals surface area contributed by atoms with Gasteiger partial charge in [-0.3, -0.25) is 0 Å². The normalized spacial score (nSPS) is 25.2. The van der Waals surface area contributed by atoms with Gasteiger partial charge in [-0.2, -0.15) is 0 Å². The Hall–Kier alpha value is 0.0900. The molecule has 1 N–H and O–H groups in total. The van der Waals surface area contributed by atoms with Crippen LogP contribution in [0.2, 0.25) is 0 Å². The molecule has 0 unspecified atom stereocenters. The molecule has 3 nitrogen and oxygen atoms in total. The van der Waals surface area contributed by atoms with Gasteiger partial charge in [0.05, 0.1) is 3.79 Å². The predicted molar refractivity (Wildman–Crippen MR) is 78.4 cm³/mol. The zero-order valence-electron chi connectivity index (χ0n) is 10.4. The van der Waals surface area contributed by atoms with E-state index in [4.69, 9.17) is 0 Å². The lowest BCUT2D eigenvalue weighted by atomic mass is 9.85. The molecule has 1 heterocycles. The van der Waals surface area contributed by atoms with Gasteiger partial charge in [-0.1, -0.05) is 13.3 Å². The third kappa shape index (κ3) is 3.56. The van der Waals surface area contributed by atoms with Crippen LogP contribution in [0.4, 0.5) is 0 Å². The molecule has 0 atom stereocenters. The Morgan fingerprint density at radius 3 is 2.50 bits per heavy atom. The van der Waals surface area contributed by atoms with E-state index in [0.717, 1.165) is 35.4 Å². The Morgan fingerprint density at radius 1 is 1.33 bits per heavy atom. The van der Waals surface area contributed by atoms with Gasteiger partial charge in [0, 0.05) is 6.04 Å². The SMILES string of the molecule is CCC1CCC(NS(=O)(=O)c2ccc(Br)s2)CC1. The van der Waals surface area contributed by atoms with E-state index in [2.05, 4.69) is 27.6 Å². The van der Waals surface area contributed by atoms with Crippen molar-refractivity contribution in [1.29, 1.82) is 0 Å². The van der Waals surface area contributed by atoms with Crippen LogP contribution in [-0.2, 0) is 10.0 Å². The van der Waals surface area contributed by atoms with E-state index in [1.165, 1.54) is 17.8 Å². The lowest BCUT2D eigenvalue weighted by Gasteiger charge is -2.27. The summed E-state index contributed by atoms with van der Waals surface area (Å²) in [4.78, 5) is 0. The lowest BCUT2D eigenvalue weighted by Crippen LogP contribution is -2.37. The van der Waals surface area contributed by atoms with Crippen molar-refractivity contribution in [3.8, 4) is 0 Å². The Balaban J connectivity index is 1.97. The summed E-state index contributed by atoms with van der Waals surface area (Å²) in [7, 11) is -3.32. The highest BCUT2D eigenvalue weighted by Gasteiger charge is 2.25. The maximum absolute atomic E-state index is 12.1. The van der Waals surface area contributed by atoms with E-state index < -0.39 is 10.0 Å². The second-order valence-corrected chi connectivity index (χ2v) is 9.21. The fraction of sp³-hybridized carbons (Fsp3) is 0.667. The molecule has 1 saturated carbocycles. The maximum atomic E-state index is 12.1. The molecule has 0 bridgehead atoms. The van der Waals surface area contributed by atoms with Gasteiger partial charge < -0.3 is 0 Å². The largest absolute Gasteiger partial charge is 0.250 e. The van der Waals surface area contributed by atoms with Gasteiger partial charge >= 0.3 is 0 Å². The van der Waals surface area contributed by atoms with Crippen LogP contribution in [0.1, 0.15) is 39.0 Å². The van der Waals surface area contributed by atoms with Crippen molar-refractivity contribution in [3.05, 3.63) is 15.9 Å². The molecule has 0 radical (unpaired) electrons. The zero-order valence-corrected chi connectivity index (χ0v) is 13.6. The number of halogens is 1. The summed E-state index contributed by atoms with van der Waals surface area (Å²) in [5.41, 5.74) is 0. The Morgan fingerprint density at radius 2 is 2.00 bits per heavy atom. The standard InChI is InChI=1S/C12H18BrNO2S2/c1-2-9-3-5-10(6-4-9)14-18(15,16)12-8-7-11(13)17-12/h7-10,14H,2-6H2,1H3. The molecule has 0 aromatic carbocycles. The van der Waals surface area contributed by atoms with Gasteiger partial charge in [0.25, 0.3) is 0 Å². The topological polar surface area (TPSA) is 46.2 Å². The Kier molecular flexibility index (Phi) is 4.86. The van der Waals surface area contributed by atoms with E-state index in [1.54, 1.807) is 12.1 Å². The molecule has 0 aliphatic heterocycles. The van der Waals surface area contributed by atoms with Crippen LogP contribution in [-0.4, -0.2) is 14.5 Å². The van der Waals surface area contributed by atoms with E-state index in [-0.39, 0.29) is 6.04 Å². The van der Waals surface area contributed by atoms with E-state index in [1.807, 2.05) is 0 Å². The first-order valence-electron chi connectivity index (χ1n) is 6.29. The predicted octanol–water partition coefficient (Wildman–Crippen LogP) is 3.76. The summed E-state index contributed by atoms with van der Waals surface area (Å²) in [5, 5.41) is 0. The Labute approximate surface area is 121 Å². The van der Waals surface area contributed by atoms with Crippen molar-refractivity contribution < 1.29 is 8.42 Å². The minimum atomic E-state index is -3.32. The summed E-state index contributed by atoms with van der Waals surface area (Å²) < 4.78 is 28.4. The number of nitrogens with one attached hydrogen (secondary N) is 1. The second kappa shape index (κ2) is 6.03. The minimum Gasteiger partial charge on any atom is -0.207 e. The molecule has 18 heavy (non-hydrogen) atoms. The summed E-state index contributed by atoms with van der Waals surface area (Å²) in [6, 6.07) is 3.53. The van der Waals surface area contributed by atoms with Gasteiger partial charge in [0.1, 0.15) is 4.21 Å². The second-order valence-electron chi connectivity index (χ2n) is 4.81. The molecule has 0 spiro atoms. The van der Waals surface area contributed by atoms with Crippen molar-refractivity contribution in [2.24, 2.45) is 5.92 Å². The van der Waals surface area contributed by atoms with Gasteiger partial charge in [-0.15, -0.1) is 11.3 Å². The summed E-state index contributed by atoms with van der Waals surface area (Å²) in [6.45, 7) is 2.21. The first-order chi connectivity index (χ1) is 8.51. The first-order valence-corrected chi connectivity index (χ1v) is 9.38. The molecule has 0 saturated heterocycles. The van der Waals surface area contributed by atoms with Crippen molar-refractivity contribution >= 4 is 37.3 Å². The van der Waals surface area contributed by atoms with Gasteiger partial charge in [0.2, 0.25) is 10.0 Å². The minimum absolute atomic E-state index is 0.110.